The van der Waals surface area contributed by atoms with Crippen molar-refractivity contribution in [1.29, 1.82) is 0 Å². The topological polar surface area (TPSA) is 56.4 Å². The highest BCUT2D eigenvalue weighted by Gasteiger charge is 2.16. The number of nitrogens with two attached hydrogens (primary N) is 1. The molecule has 28 heavy (non-hydrogen) atoms. The number of nitrogens with zero attached hydrogens (tertiary/aromatic N) is 3. The summed E-state index contributed by atoms with van der Waals surface area (Å²) in [7, 11) is 2.00. The Kier molecular flexibility index (Phi) is 5.52. The fraction of sp³-hybridized carbons (Fsp3) is 0.333. The molecule has 2 N–H and O–H groups in total. The predicted octanol–water partition coefficient (Wildman–Crippen LogP) is 3.19. The third kappa shape index (κ3) is 3.99. The van der Waals surface area contributed by atoms with Crippen molar-refractivity contribution < 1.29 is 13.8 Å². The summed E-state index contributed by atoms with van der Waals surface area (Å²) in [6, 6.07) is 11.0. The Balaban J connectivity index is 1.50. The number of rotatable bonds is 5. The van der Waals surface area contributed by atoms with Crippen molar-refractivity contribution in [3.8, 4) is 0 Å². The van der Waals surface area contributed by atoms with Crippen LogP contribution in [-0.2, 0) is 18.4 Å². The molecule has 0 saturated carbocycles. The highest BCUT2D eigenvalue weighted by atomic mass is 32.2. The van der Waals surface area contributed by atoms with Crippen LogP contribution in [0, 0.1) is 5.82 Å². The molecule has 1 saturated heterocycles. The maximum atomic E-state index is 14.7. The Morgan fingerprint density at radius 3 is 2.93 bits per heavy atom. The van der Waals surface area contributed by atoms with Crippen LogP contribution in [0.25, 0.3) is 11.0 Å². The number of benzene rings is 1. The fourth-order valence-electron chi connectivity index (χ4n) is 3.42. The Labute approximate surface area is 168 Å². The minimum absolute atomic E-state index is 0.104. The third-order valence-electron chi connectivity index (χ3n) is 5.09. The summed E-state index contributed by atoms with van der Waals surface area (Å²) in [5.41, 5.74) is 9.31. The standard InChI is InChI=1S/C21H24FN4OS/c1-25-9-2-3-20-19(25)6-10-26(20)14-16-5-4-15(13-18(16)22)21(23)24-27-17-7-11-28-12-8-17/h2-6,9-10,13,17H,7-8,11-12,14H2,1H3,(H2,23,24)/q+1. The zero-order chi connectivity index (χ0) is 19.5. The summed E-state index contributed by atoms with van der Waals surface area (Å²) in [5, 5.41) is 4.03. The highest BCUT2D eigenvalue weighted by molar-refractivity contribution is 7.99. The lowest BCUT2D eigenvalue weighted by Gasteiger charge is -2.19. The molecule has 1 aliphatic rings. The molecule has 7 heteroatoms. The van der Waals surface area contributed by atoms with Gasteiger partial charge in [0.05, 0.1) is 6.54 Å². The van der Waals surface area contributed by atoms with E-state index in [4.69, 9.17) is 10.6 Å². The van der Waals surface area contributed by atoms with Gasteiger partial charge in [0.1, 0.15) is 24.5 Å². The first kappa shape index (κ1) is 18.8. The normalized spacial score (nSPS) is 15.9. The van der Waals surface area contributed by atoms with Crippen LogP contribution >= 0.6 is 11.8 Å². The summed E-state index contributed by atoms with van der Waals surface area (Å²) in [6.45, 7) is 0.451. The highest BCUT2D eigenvalue weighted by Crippen LogP contribution is 2.20. The molecular weight excluding hydrogens is 375 g/mol. The lowest BCUT2D eigenvalue weighted by atomic mass is 10.1. The van der Waals surface area contributed by atoms with Gasteiger partial charge in [0.25, 0.3) is 0 Å². The van der Waals surface area contributed by atoms with Crippen molar-refractivity contribution in [1.82, 2.24) is 4.57 Å². The van der Waals surface area contributed by atoms with Crippen molar-refractivity contribution >= 4 is 28.6 Å². The van der Waals surface area contributed by atoms with Gasteiger partial charge in [-0.3, -0.25) is 0 Å². The van der Waals surface area contributed by atoms with E-state index in [-0.39, 0.29) is 17.8 Å². The number of oxime groups is 1. The van der Waals surface area contributed by atoms with E-state index < -0.39 is 0 Å². The van der Waals surface area contributed by atoms with E-state index in [1.54, 1.807) is 12.1 Å². The van der Waals surface area contributed by atoms with Crippen molar-refractivity contribution in [3.63, 3.8) is 0 Å². The number of pyridine rings is 1. The minimum atomic E-state index is -0.299. The van der Waals surface area contributed by atoms with E-state index in [9.17, 15) is 4.39 Å². The molecule has 146 valence electrons. The second kappa shape index (κ2) is 8.22. The van der Waals surface area contributed by atoms with Crippen molar-refractivity contribution in [2.75, 3.05) is 11.5 Å². The van der Waals surface area contributed by atoms with Crippen LogP contribution in [0.3, 0.4) is 0 Å². The van der Waals surface area contributed by atoms with Crippen LogP contribution in [0.4, 0.5) is 4.39 Å². The van der Waals surface area contributed by atoms with Gasteiger partial charge in [0.15, 0.2) is 12.0 Å². The van der Waals surface area contributed by atoms with Gasteiger partial charge < -0.3 is 15.1 Å². The molecule has 1 aromatic carbocycles. The van der Waals surface area contributed by atoms with Gasteiger partial charge in [0, 0.05) is 29.5 Å². The predicted molar refractivity (Wildman–Crippen MR) is 111 cm³/mol. The second-order valence-corrected chi connectivity index (χ2v) is 8.26. The van der Waals surface area contributed by atoms with Gasteiger partial charge in [-0.2, -0.15) is 16.3 Å². The number of hydrogen-bond donors (Lipinski definition) is 1. The van der Waals surface area contributed by atoms with E-state index in [0.29, 0.717) is 17.7 Å². The Morgan fingerprint density at radius 2 is 2.14 bits per heavy atom. The maximum absolute atomic E-state index is 14.7. The summed E-state index contributed by atoms with van der Waals surface area (Å²) < 4.78 is 18.8. The Morgan fingerprint density at radius 1 is 1.32 bits per heavy atom. The van der Waals surface area contributed by atoms with Crippen molar-refractivity contribution in [2.45, 2.75) is 25.5 Å². The van der Waals surface area contributed by atoms with Crippen LogP contribution < -0.4 is 10.3 Å². The van der Waals surface area contributed by atoms with Crippen LogP contribution in [-0.4, -0.2) is 28.0 Å². The molecule has 0 spiro atoms. The lowest BCUT2D eigenvalue weighted by Crippen LogP contribution is -2.27. The molecule has 0 unspecified atom stereocenters. The quantitative estimate of drug-likeness (QED) is 0.310. The van der Waals surface area contributed by atoms with Gasteiger partial charge in [0.2, 0.25) is 5.52 Å². The molecule has 2 aromatic heterocycles. The summed E-state index contributed by atoms with van der Waals surface area (Å²) in [6.07, 6.45) is 6.02. The molecule has 0 bridgehead atoms. The van der Waals surface area contributed by atoms with E-state index in [1.807, 2.05) is 58.5 Å². The van der Waals surface area contributed by atoms with Crippen LogP contribution in [0.5, 0.6) is 0 Å². The van der Waals surface area contributed by atoms with E-state index >= 15 is 0 Å². The molecule has 0 radical (unpaired) electrons. The number of halogens is 1. The molecule has 1 aliphatic heterocycles. The van der Waals surface area contributed by atoms with Crippen LogP contribution in [0.15, 0.2) is 53.9 Å². The average molecular weight is 400 g/mol. The van der Waals surface area contributed by atoms with Gasteiger partial charge >= 0.3 is 0 Å². The summed E-state index contributed by atoms with van der Waals surface area (Å²) in [4.78, 5) is 5.53. The molecule has 0 amide bonds. The maximum Gasteiger partial charge on any atom is 0.230 e. The molecule has 4 rings (SSSR count). The van der Waals surface area contributed by atoms with Gasteiger partial charge in [-0.1, -0.05) is 17.3 Å². The summed E-state index contributed by atoms with van der Waals surface area (Å²) in [5.74, 6) is 2.07. The molecule has 5 nitrogen and oxygen atoms in total. The van der Waals surface area contributed by atoms with Crippen LogP contribution in [0.1, 0.15) is 24.0 Å². The number of hydrogen-bond acceptors (Lipinski definition) is 3. The second-order valence-electron chi connectivity index (χ2n) is 7.03. The van der Waals surface area contributed by atoms with Crippen molar-refractivity contribution in [3.05, 3.63) is 65.7 Å². The SMILES string of the molecule is C[n+]1cccc2c1ccn2Cc1ccc(C(N)=NOC2CCSCC2)cc1F. The number of amidine groups is 1. The number of aromatic nitrogens is 2. The molecule has 3 heterocycles. The zero-order valence-electron chi connectivity index (χ0n) is 15.8. The van der Waals surface area contributed by atoms with Gasteiger partial charge in [-0.05, 0) is 36.5 Å². The number of fused-ring (bicyclic) bond motifs is 1. The monoisotopic (exact) mass is 399 g/mol. The third-order valence-corrected chi connectivity index (χ3v) is 6.13. The minimum Gasteiger partial charge on any atom is -0.391 e. The lowest BCUT2D eigenvalue weighted by molar-refractivity contribution is -0.644. The van der Waals surface area contributed by atoms with E-state index in [2.05, 4.69) is 5.16 Å². The number of aryl methyl sites for hydroxylation is 1. The molecular formula is C21H24FN4OS+. The summed E-state index contributed by atoms with van der Waals surface area (Å²) >= 11 is 1.92. The smallest absolute Gasteiger partial charge is 0.230 e. The molecule has 0 aliphatic carbocycles. The van der Waals surface area contributed by atoms with Gasteiger partial charge in [-0.25, -0.2) is 4.39 Å². The first-order valence-corrected chi connectivity index (χ1v) is 10.6. The van der Waals surface area contributed by atoms with E-state index in [1.165, 1.54) is 6.07 Å². The van der Waals surface area contributed by atoms with Crippen molar-refractivity contribution in [2.24, 2.45) is 17.9 Å². The molecule has 1 fully saturated rings. The first-order chi connectivity index (χ1) is 13.6. The van der Waals surface area contributed by atoms with E-state index in [0.717, 1.165) is 35.4 Å². The molecule has 3 aromatic rings. The first-order valence-electron chi connectivity index (χ1n) is 9.41. The Hall–Kier alpha value is -2.54. The zero-order valence-corrected chi connectivity index (χ0v) is 16.7. The van der Waals surface area contributed by atoms with Crippen LogP contribution in [0.2, 0.25) is 0 Å². The molecule has 0 atom stereocenters. The average Bonchev–Trinajstić information content (AvgIpc) is 3.13. The fourth-order valence-corrected chi connectivity index (χ4v) is 4.48. The number of thioether (sulfide) groups is 1. The largest absolute Gasteiger partial charge is 0.391 e. The van der Waals surface area contributed by atoms with Gasteiger partial charge in [-0.15, -0.1) is 0 Å². The Bertz CT molecular complexity index is 1010.